The summed E-state index contributed by atoms with van der Waals surface area (Å²) in [6.45, 7) is 4.98. The fourth-order valence-electron chi connectivity index (χ4n) is 1.20. The lowest BCUT2D eigenvalue weighted by molar-refractivity contribution is -0.146. The number of ether oxygens (including phenoxy) is 1. The van der Waals surface area contributed by atoms with Crippen molar-refractivity contribution in [2.45, 2.75) is 32.7 Å². The Hall–Kier alpha value is -1.92. The van der Waals surface area contributed by atoms with Gasteiger partial charge in [0.1, 0.15) is 11.4 Å². The van der Waals surface area contributed by atoms with Gasteiger partial charge in [-0.1, -0.05) is 6.92 Å². The first-order valence-corrected chi connectivity index (χ1v) is 5.23. The van der Waals surface area contributed by atoms with Gasteiger partial charge in [-0.05, 0) is 13.8 Å². The summed E-state index contributed by atoms with van der Waals surface area (Å²) in [4.78, 5) is 27.1. The van der Waals surface area contributed by atoms with E-state index in [-0.39, 0.29) is 5.82 Å². The minimum atomic E-state index is -1.11. The first kappa shape index (κ1) is 13.1. The van der Waals surface area contributed by atoms with Gasteiger partial charge in [-0.3, -0.25) is 9.89 Å². The van der Waals surface area contributed by atoms with Gasteiger partial charge in [-0.25, -0.2) is 9.78 Å². The van der Waals surface area contributed by atoms with E-state index in [1.165, 1.54) is 7.11 Å². The number of nitrogens with zero attached hydrogens (tertiary/aromatic N) is 2. The van der Waals surface area contributed by atoms with Gasteiger partial charge in [-0.2, -0.15) is 0 Å². The van der Waals surface area contributed by atoms with Crippen LogP contribution in [0.1, 0.15) is 37.2 Å². The number of aryl methyl sites for hydroxylation is 1. The third-order valence-electron chi connectivity index (χ3n) is 2.19. The molecule has 7 heteroatoms. The molecule has 0 saturated heterocycles. The third kappa shape index (κ3) is 3.02. The molecule has 0 spiro atoms. The van der Waals surface area contributed by atoms with Gasteiger partial charge < -0.3 is 10.1 Å². The molecule has 7 nitrogen and oxygen atoms in total. The number of aromatic amines is 1. The summed E-state index contributed by atoms with van der Waals surface area (Å²) in [5, 5.41) is 8.89. The van der Waals surface area contributed by atoms with Gasteiger partial charge in [0, 0.05) is 6.42 Å². The van der Waals surface area contributed by atoms with E-state index in [2.05, 4.69) is 25.2 Å². The Morgan fingerprint density at radius 2 is 2.12 bits per heavy atom. The van der Waals surface area contributed by atoms with Crippen molar-refractivity contribution in [1.29, 1.82) is 0 Å². The third-order valence-corrected chi connectivity index (χ3v) is 2.19. The molecule has 2 N–H and O–H groups in total. The Labute approximate surface area is 99.0 Å². The van der Waals surface area contributed by atoms with Crippen molar-refractivity contribution in [3.8, 4) is 0 Å². The molecule has 0 bridgehead atoms. The van der Waals surface area contributed by atoms with E-state index < -0.39 is 17.4 Å². The summed E-state index contributed by atoms with van der Waals surface area (Å²) in [6.07, 6.45) is 0.653. The number of methoxy groups -OCH3 is 1. The molecule has 94 valence electrons. The smallest absolute Gasteiger partial charge is 0.330 e. The molecule has 1 rings (SSSR count). The maximum Gasteiger partial charge on any atom is 0.330 e. The number of hydrogen-bond acceptors (Lipinski definition) is 5. The maximum atomic E-state index is 11.7. The van der Waals surface area contributed by atoms with Crippen molar-refractivity contribution < 1.29 is 14.3 Å². The van der Waals surface area contributed by atoms with Gasteiger partial charge in [0.25, 0.3) is 5.91 Å². The molecule has 0 unspecified atom stereocenters. The lowest BCUT2D eigenvalue weighted by atomic mass is 10.1. The van der Waals surface area contributed by atoms with Crippen LogP contribution in [-0.2, 0) is 16.0 Å². The highest BCUT2D eigenvalue weighted by Gasteiger charge is 2.31. The second-order valence-electron chi connectivity index (χ2n) is 4.03. The van der Waals surface area contributed by atoms with E-state index in [9.17, 15) is 9.59 Å². The van der Waals surface area contributed by atoms with Gasteiger partial charge in [0.05, 0.1) is 7.11 Å². The van der Waals surface area contributed by atoms with E-state index in [1.807, 2.05) is 6.92 Å². The van der Waals surface area contributed by atoms with Crippen LogP contribution in [0.25, 0.3) is 0 Å². The molecule has 0 aromatic carbocycles. The molecule has 0 saturated carbocycles. The molecule has 0 fully saturated rings. The normalized spacial score (nSPS) is 11.1. The zero-order valence-corrected chi connectivity index (χ0v) is 10.3. The molecule has 0 atom stereocenters. The number of carbonyl (C=O) groups excluding carboxylic acids is 2. The molecular formula is C10H16N4O3. The fraction of sp³-hybridized carbons (Fsp3) is 0.600. The van der Waals surface area contributed by atoms with E-state index in [4.69, 9.17) is 0 Å². The van der Waals surface area contributed by atoms with E-state index >= 15 is 0 Å². The van der Waals surface area contributed by atoms with Crippen molar-refractivity contribution in [3.05, 3.63) is 11.6 Å². The van der Waals surface area contributed by atoms with Crippen molar-refractivity contribution in [3.63, 3.8) is 0 Å². The standard InChI is InChI=1S/C10H16N4O3/c1-5-6-11-7(14-13-6)8(15)12-10(2,3)9(16)17-4/h5H2,1-4H3,(H,12,15)(H,11,13,14). The number of esters is 1. The van der Waals surface area contributed by atoms with Gasteiger partial charge >= 0.3 is 5.97 Å². The Morgan fingerprint density at radius 3 is 2.59 bits per heavy atom. The zero-order valence-electron chi connectivity index (χ0n) is 10.3. The van der Waals surface area contributed by atoms with Crippen LogP contribution in [0.15, 0.2) is 0 Å². The fourth-order valence-corrected chi connectivity index (χ4v) is 1.20. The monoisotopic (exact) mass is 240 g/mol. The number of nitrogens with one attached hydrogen (secondary N) is 2. The highest BCUT2D eigenvalue weighted by Crippen LogP contribution is 2.06. The first-order valence-electron chi connectivity index (χ1n) is 5.23. The molecule has 0 aliphatic carbocycles. The molecule has 1 heterocycles. The maximum absolute atomic E-state index is 11.7. The minimum absolute atomic E-state index is 0.0128. The molecule has 1 aromatic heterocycles. The molecular weight excluding hydrogens is 224 g/mol. The van der Waals surface area contributed by atoms with Gasteiger partial charge in [0.2, 0.25) is 5.82 Å². The summed E-state index contributed by atoms with van der Waals surface area (Å²) >= 11 is 0. The van der Waals surface area contributed by atoms with E-state index in [1.54, 1.807) is 13.8 Å². The predicted molar refractivity (Wildman–Crippen MR) is 59.3 cm³/mol. The molecule has 0 radical (unpaired) electrons. The molecule has 0 aliphatic rings. The van der Waals surface area contributed by atoms with Crippen molar-refractivity contribution in [1.82, 2.24) is 20.5 Å². The Bertz CT molecular complexity index is 425. The van der Waals surface area contributed by atoms with Crippen molar-refractivity contribution in [2.75, 3.05) is 7.11 Å². The summed E-state index contributed by atoms with van der Waals surface area (Å²) in [5.41, 5.74) is -1.11. The van der Waals surface area contributed by atoms with Crippen LogP contribution in [-0.4, -0.2) is 39.7 Å². The number of rotatable bonds is 4. The van der Waals surface area contributed by atoms with Crippen LogP contribution in [0.4, 0.5) is 0 Å². The average molecular weight is 240 g/mol. The second kappa shape index (κ2) is 4.94. The van der Waals surface area contributed by atoms with E-state index in [0.29, 0.717) is 12.2 Å². The summed E-state index contributed by atoms with van der Waals surface area (Å²) in [5.74, 6) is -0.418. The first-order chi connectivity index (χ1) is 7.90. The highest BCUT2D eigenvalue weighted by molar-refractivity contribution is 5.95. The largest absolute Gasteiger partial charge is 0.467 e. The topological polar surface area (TPSA) is 97.0 Å². The number of hydrogen-bond donors (Lipinski definition) is 2. The Morgan fingerprint density at radius 1 is 1.47 bits per heavy atom. The van der Waals surface area contributed by atoms with Crippen LogP contribution in [0.2, 0.25) is 0 Å². The Kier molecular flexibility index (Phi) is 3.82. The lowest BCUT2D eigenvalue weighted by Gasteiger charge is -2.21. The van der Waals surface area contributed by atoms with Crippen LogP contribution in [0.5, 0.6) is 0 Å². The van der Waals surface area contributed by atoms with Gasteiger partial charge in [-0.15, -0.1) is 5.10 Å². The van der Waals surface area contributed by atoms with Crippen LogP contribution in [0.3, 0.4) is 0 Å². The summed E-state index contributed by atoms with van der Waals surface area (Å²) < 4.78 is 4.58. The average Bonchev–Trinajstić information content (AvgIpc) is 2.75. The molecule has 0 aliphatic heterocycles. The van der Waals surface area contributed by atoms with Crippen LogP contribution >= 0.6 is 0 Å². The number of carbonyl (C=O) groups is 2. The molecule has 1 amide bonds. The summed E-state index contributed by atoms with van der Waals surface area (Å²) in [7, 11) is 1.26. The van der Waals surface area contributed by atoms with Crippen molar-refractivity contribution >= 4 is 11.9 Å². The van der Waals surface area contributed by atoms with Crippen LogP contribution < -0.4 is 5.32 Å². The van der Waals surface area contributed by atoms with E-state index in [0.717, 1.165) is 0 Å². The highest BCUT2D eigenvalue weighted by atomic mass is 16.5. The predicted octanol–water partition coefficient (Wildman–Crippen LogP) is 0.0485. The molecule has 1 aromatic rings. The second-order valence-corrected chi connectivity index (χ2v) is 4.03. The van der Waals surface area contributed by atoms with Crippen molar-refractivity contribution in [2.24, 2.45) is 0 Å². The Balaban J connectivity index is 2.75. The SMILES string of the molecule is CCc1nc(C(=O)NC(C)(C)C(=O)OC)n[nH]1. The zero-order chi connectivity index (χ0) is 13.1. The minimum Gasteiger partial charge on any atom is -0.467 e. The lowest BCUT2D eigenvalue weighted by Crippen LogP contribution is -2.50. The molecule has 17 heavy (non-hydrogen) atoms. The number of H-pyrrole nitrogens is 1. The number of aromatic nitrogens is 3. The van der Waals surface area contributed by atoms with Gasteiger partial charge in [0.15, 0.2) is 0 Å². The quantitative estimate of drug-likeness (QED) is 0.725. The summed E-state index contributed by atoms with van der Waals surface area (Å²) in [6, 6.07) is 0. The van der Waals surface area contributed by atoms with Crippen LogP contribution in [0, 0.1) is 0 Å². The number of amides is 1.